The molecule has 3 N–H and O–H groups in total. The lowest BCUT2D eigenvalue weighted by Crippen LogP contribution is -2.16. The van der Waals surface area contributed by atoms with Crippen LogP contribution in [0.25, 0.3) is 0 Å². The van der Waals surface area contributed by atoms with Gasteiger partial charge in [0.25, 0.3) is 0 Å². The second-order valence-electron chi connectivity index (χ2n) is 9.92. The molecule has 238 valence electrons. The van der Waals surface area contributed by atoms with Crippen molar-refractivity contribution in [2.45, 2.75) is 131 Å². The normalized spacial score (nSPS) is 19.4. The molecule has 0 aromatic heterocycles. The number of unbranched alkanes of at least 4 members (excludes halogenated alkanes) is 3. The van der Waals surface area contributed by atoms with Gasteiger partial charge in [-0.15, -0.1) is 0 Å². The predicted octanol–water partition coefficient (Wildman–Crippen LogP) is 6.91. The van der Waals surface area contributed by atoms with E-state index in [4.69, 9.17) is 24.8 Å². The molecule has 1 saturated carbocycles. The Morgan fingerprint density at radius 1 is 0.667 bits per heavy atom. The van der Waals surface area contributed by atoms with Crippen molar-refractivity contribution in [3.05, 3.63) is 0 Å². The van der Waals surface area contributed by atoms with Crippen LogP contribution >= 0.6 is 0 Å². The average molecular weight is 567 g/mol. The molecule has 0 spiro atoms. The summed E-state index contributed by atoms with van der Waals surface area (Å²) in [6, 6.07) is 0. The first kappa shape index (κ1) is 42.5. The topological polar surface area (TPSA) is 115 Å². The molecule has 1 aliphatic heterocycles. The molecule has 0 amide bonds. The molecule has 1 saturated heterocycles. The SMILES string of the molecule is CCC1CCC(CO)CC1.CCC1COC(=O)O1.CCCCCO.CCCCOCCC.CCCOCCO. The van der Waals surface area contributed by atoms with Crippen molar-refractivity contribution in [1.82, 2.24) is 0 Å². The highest BCUT2D eigenvalue weighted by molar-refractivity contribution is 5.61. The number of cyclic esters (lactones) is 2. The van der Waals surface area contributed by atoms with Crippen LogP contribution in [0.1, 0.15) is 125 Å². The Labute approximate surface area is 241 Å². The van der Waals surface area contributed by atoms with E-state index in [0.29, 0.717) is 32.3 Å². The van der Waals surface area contributed by atoms with Crippen molar-refractivity contribution in [3.63, 3.8) is 0 Å². The first-order valence-corrected chi connectivity index (χ1v) is 15.7. The van der Waals surface area contributed by atoms with Crippen LogP contribution in [-0.4, -0.2) is 80.4 Å². The lowest BCUT2D eigenvalue weighted by molar-refractivity contribution is 0.0928. The highest BCUT2D eigenvalue weighted by atomic mass is 16.8. The zero-order valence-corrected chi connectivity index (χ0v) is 26.5. The molecule has 1 heterocycles. The third-order valence-corrected chi connectivity index (χ3v) is 6.24. The van der Waals surface area contributed by atoms with Gasteiger partial charge in [-0.25, -0.2) is 4.79 Å². The lowest BCUT2D eigenvalue weighted by Gasteiger charge is -2.26. The number of hydrogen-bond donors (Lipinski definition) is 3. The second-order valence-corrected chi connectivity index (χ2v) is 9.92. The molecule has 0 aromatic rings. The summed E-state index contributed by atoms with van der Waals surface area (Å²) < 4.78 is 19.2. The summed E-state index contributed by atoms with van der Waals surface area (Å²) in [5.41, 5.74) is 0. The molecule has 1 aliphatic carbocycles. The number of ether oxygens (including phenoxy) is 4. The van der Waals surface area contributed by atoms with E-state index in [2.05, 4.69) is 37.2 Å². The van der Waals surface area contributed by atoms with Crippen LogP contribution in [0.3, 0.4) is 0 Å². The number of rotatable bonds is 15. The third-order valence-electron chi connectivity index (χ3n) is 6.24. The van der Waals surface area contributed by atoms with Gasteiger partial charge in [-0.2, -0.15) is 0 Å². The van der Waals surface area contributed by atoms with Crippen molar-refractivity contribution in [2.75, 3.05) is 52.9 Å². The standard InChI is InChI=1S/C9H18O.C7H16O.C5H8O3.C5H12O2.C5H12O/c1-2-8-3-5-9(7-10)6-4-8;1-3-5-7-8-6-4-2;1-2-4-3-7-5(6)8-4;1-2-4-7-5-3-6;1-2-3-4-5-6/h8-10H,2-7H2,1H3;3-7H2,1-2H3;4H,2-3H2,1H3;6H,2-5H2,1H3;6H,2-5H2,1H3. The Hall–Kier alpha value is -0.930. The van der Waals surface area contributed by atoms with Crippen molar-refractivity contribution < 1.29 is 39.1 Å². The van der Waals surface area contributed by atoms with E-state index in [-0.39, 0.29) is 12.7 Å². The molecule has 8 nitrogen and oxygen atoms in total. The van der Waals surface area contributed by atoms with Gasteiger partial charge in [0.1, 0.15) is 12.7 Å². The van der Waals surface area contributed by atoms with Gasteiger partial charge in [-0.3, -0.25) is 0 Å². The molecule has 0 bridgehead atoms. The molecule has 0 aromatic carbocycles. The van der Waals surface area contributed by atoms with Gasteiger partial charge in [0.2, 0.25) is 0 Å². The van der Waals surface area contributed by atoms with E-state index < -0.39 is 6.16 Å². The van der Waals surface area contributed by atoms with E-state index in [1.54, 1.807) is 0 Å². The Morgan fingerprint density at radius 3 is 1.56 bits per heavy atom. The fourth-order valence-electron chi connectivity index (χ4n) is 3.55. The summed E-state index contributed by atoms with van der Waals surface area (Å²) in [5.74, 6) is 1.59. The monoisotopic (exact) mass is 566 g/mol. The van der Waals surface area contributed by atoms with Gasteiger partial charge in [-0.05, 0) is 56.8 Å². The molecule has 2 rings (SSSR count). The summed E-state index contributed by atoms with van der Waals surface area (Å²) in [5, 5.41) is 25.2. The van der Waals surface area contributed by atoms with E-state index in [1.807, 2.05) is 13.8 Å². The smallest absolute Gasteiger partial charge is 0.430 e. The number of aliphatic hydroxyl groups is 3. The first-order chi connectivity index (χ1) is 18.9. The Kier molecular flexibility index (Phi) is 40.4. The molecule has 1 unspecified atom stereocenters. The van der Waals surface area contributed by atoms with Gasteiger partial charge in [0.05, 0.1) is 13.2 Å². The highest BCUT2D eigenvalue weighted by Gasteiger charge is 2.22. The fourth-order valence-corrected chi connectivity index (χ4v) is 3.55. The third kappa shape index (κ3) is 35.0. The molecule has 2 aliphatic rings. The Balaban J connectivity index is -0.000000420. The maximum atomic E-state index is 10.2. The molecular weight excluding hydrogens is 500 g/mol. The summed E-state index contributed by atoms with van der Waals surface area (Å²) in [6.45, 7) is 17.1. The average Bonchev–Trinajstić information content (AvgIpc) is 3.41. The molecule has 39 heavy (non-hydrogen) atoms. The minimum Gasteiger partial charge on any atom is -0.430 e. The van der Waals surface area contributed by atoms with Crippen molar-refractivity contribution in [3.8, 4) is 0 Å². The van der Waals surface area contributed by atoms with Crippen LogP contribution in [0.15, 0.2) is 0 Å². The van der Waals surface area contributed by atoms with E-state index in [0.717, 1.165) is 57.8 Å². The highest BCUT2D eigenvalue weighted by Crippen LogP contribution is 2.29. The zero-order chi connectivity index (χ0) is 30.0. The fraction of sp³-hybridized carbons (Fsp3) is 0.968. The minimum atomic E-state index is -0.531. The molecule has 8 heteroatoms. The van der Waals surface area contributed by atoms with Crippen LogP contribution in [-0.2, 0) is 18.9 Å². The summed E-state index contributed by atoms with van der Waals surface area (Å²) in [4.78, 5) is 10.2. The van der Waals surface area contributed by atoms with Crippen molar-refractivity contribution >= 4 is 6.16 Å². The van der Waals surface area contributed by atoms with Crippen LogP contribution in [0.5, 0.6) is 0 Å². The number of aliphatic hydroxyl groups excluding tert-OH is 3. The summed E-state index contributed by atoms with van der Waals surface area (Å²) in [6.07, 6.45) is 14.8. The quantitative estimate of drug-likeness (QED) is 0.145. The predicted molar refractivity (Wildman–Crippen MR) is 160 cm³/mol. The van der Waals surface area contributed by atoms with Gasteiger partial charge in [0.15, 0.2) is 0 Å². The maximum Gasteiger partial charge on any atom is 0.508 e. The summed E-state index contributed by atoms with van der Waals surface area (Å²) in [7, 11) is 0. The zero-order valence-electron chi connectivity index (χ0n) is 26.5. The molecule has 2 fully saturated rings. The van der Waals surface area contributed by atoms with Crippen LogP contribution in [0.2, 0.25) is 0 Å². The van der Waals surface area contributed by atoms with E-state index in [1.165, 1.54) is 51.4 Å². The molecular formula is C31H66O8. The largest absolute Gasteiger partial charge is 0.508 e. The van der Waals surface area contributed by atoms with Crippen molar-refractivity contribution in [2.24, 2.45) is 11.8 Å². The second kappa shape index (κ2) is 37.1. The van der Waals surface area contributed by atoms with Crippen molar-refractivity contribution in [1.29, 1.82) is 0 Å². The summed E-state index contributed by atoms with van der Waals surface area (Å²) >= 11 is 0. The number of carbonyl (C=O) groups excluding carboxylic acids is 1. The van der Waals surface area contributed by atoms with Gasteiger partial charge >= 0.3 is 6.16 Å². The van der Waals surface area contributed by atoms with Gasteiger partial charge in [0, 0.05) is 33.0 Å². The number of carbonyl (C=O) groups is 1. The van der Waals surface area contributed by atoms with Crippen LogP contribution < -0.4 is 0 Å². The van der Waals surface area contributed by atoms with Crippen LogP contribution in [0.4, 0.5) is 4.79 Å². The van der Waals surface area contributed by atoms with Crippen LogP contribution in [0, 0.1) is 11.8 Å². The van der Waals surface area contributed by atoms with Gasteiger partial charge < -0.3 is 34.3 Å². The lowest BCUT2D eigenvalue weighted by atomic mass is 9.81. The van der Waals surface area contributed by atoms with E-state index in [9.17, 15) is 4.79 Å². The minimum absolute atomic E-state index is 0.00231. The van der Waals surface area contributed by atoms with E-state index >= 15 is 0 Å². The maximum absolute atomic E-state index is 10.2. The molecule has 0 radical (unpaired) electrons. The Bertz CT molecular complexity index is 416. The Morgan fingerprint density at radius 2 is 1.23 bits per heavy atom. The first-order valence-electron chi connectivity index (χ1n) is 15.7. The molecule has 1 atom stereocenters. The number of hydrogen-bond acceptors (Lipinski definition) is 8. The van der Waals surface area contributed by atoms with Gasteiger partial charge in [-0.1, -0.05) is 80.1 Å².